The van der Waals surface area contributed by atoms with E-state index < -0.39 is 17.8 Å². The van der Waals surface area contributed by atoms with Gasteiger partial charge in [0.1, 0.15) is 0 Å². The van der Waals surface area contributed by atoms with E-state index in [1.165, 1.54) is 0 Å². The van der Waals surface area contributed by atoms with Crippen molar-refractivity contribution in [3.05, 3.63) is 0 Å². The first-order chi connectivity index (χ1) is 7.58. The zero-order valence-corrected chi connectivity index (χ0v) is 9.23. The van der Waals surface area contributed by atoms with Gasteiger partial charge < -0.3 is 4.90 Å². The number of carbonyl (C=O) groups is 3. The van der Waals surface area contributed by atoms with Crippen molar-refractivity contribution in [1.82, 2.24) is 15.1 Å². The molecule has 4 amide bonds. The highest BCUT2D eigenvalue weighted by atomic mass is 16.2. The van der Waals surface area contributed by atoms with Crippen LogP contribution in [0.1, 0.15) is 12.8 Å². The Morgan fingerprint density at radius 2 is 1.88 bits per heavy atom. The number of hydrogen-bond donors (Lipinski definition) is 1. The maximum Gasteiger partial charge on any atom is 0.331 e. The fraction of sp³-hybridized carbons (Fsp3) is 0.700. The van der Waals surface area contributed by atoms with Gasteiger partial charge in [-0.2, -0.15) is 0 Å². The zero-order valence-electron chi connectivity index (χ0n) is 9.23. The van der Waals surface area contributed by atoms with E-state index in [1.807, 2.05) is 12.4 Å². The molecule has 2 fully saturated rings. The van der Waals surface area contributed by atoms with Gasteiger partial charge in [0.2, 0.25) is 0 Å². The van der Waals surface area contributed by atoms with Gasteiger partial charge in [-0.25, -0.2) is 4.79 Å². The molecule has 2 aliphatic rings. The summed E-state index contributed by atoms with van der Waals surface area (Å²) >= 11 is 0. The molecule has 2 heterocycles. The lowest BCUT2D eigenvalue weighted by molar-refractivity contribution is -0.140. The molecule has 6 heteroatoms. The maximum atomic E-state index is 11.3. The van der Waals surface area contributed by atoms with Crippen molar-refractivity contribution in [3.8, 4) is 0 Å². The van der Waals surface area contributed by atoms with Gasteiger partial charge in [0.25, 0.3) is 0 Å². The van der Waals surface area contributed by atoms with Crippen molar-refractivity contribution < 1.29 is 14.4 Å². The Morgan fingerprint density at radius 3 is 2.38 bits per heavy atom. The van der Waals surface area contributed by atoms with Gasteiger partial charge >= 0.3 is 17.8 Å². The molecule has 0 spiro atoms. The predicted molar refractivity (Wildman–Crippen MR) is 55.5 cm³/mol. The summed E-state index contributed by atoms with van der Waals surface area (Å²) in [4.78, 5) is 36.8. The van der Waals surface area contributed by atoms with Crippen LogP contribution in [0.5, 0.6) is 0 Å². The Balaban J connectivity index is 1.92. The summed E-state index contributed by atoms with van der Waals surface area (Å²) in [7, 11) is 2.05. The molecule has 2 saturated heterocycles. The van der Waals surface area contributed by atoms with Crippen LogP contribution in [-0.4, -0.2) is 54.3 Å². The lowest BCUT2D eigenvalue weighted by atomic mass is 9.97. The summed E-state index contributed by atoms with van der Waals surface area (Å²) in [5.41, 5.74) is 0. The molecular weight excluding hydrogens is 210 g/mol. The van der Waals surface area contributed by atoms with Crippen LogP contribution in [0, 0.1) is 5.92 Å². The van der Waals surface area contributed by atoms with Crippen LogP contribution in [-0.2, 0) is 9.59 Å². The third-order valence-corrected chi connectivity index (χ3v) is 3.18. The van der Waals surface area contributed by atoms with Crippen LogP contribution in [0.4, 0.5) is 4.79 Å². The summed E-state index contributed by atoms with van der Waals surface area (Å²) < 4.78 is 0. The van der Waals surface area contributed by atoms with Crippen LogP contribution in [0.15, 0.2) is 0 Å². The van der Waals surface area contributed by atoms with Gasteiger partial charge in [0.15, 0.2) is 0 Å². The van der Waals surface area contributed by atoms with Crippen molar-refractivity contribution >= 4 is 17.8 Å². The van der Waals surface area contributed by atoms with Crippen molar-refractivity contribution in [3.63, 3.8) is 0 Å². The van der Waals surface area contributed by atoms with Crippen LogP contribution >= 0.6 is 0 Å². The SMILES string of the molecule is CN1CCC(CN2C(=O)NC(=O)C2=O)CC1. The predicted octanol–water partition coefficient (Wildman–Crippen LogP) is -0.593. The molecule has 0 unspecified atom stereocenters. The van der Waals surface area contributed by atoms with Crippen LogP contribution in [0.2, 0.25) is 0 Å². The Hall–Kier alpha value is -1.43. The Labute approximate surface area is 93.6 Å². The van der Waals surface area contributed by atoms with Crippen molar-refractivity contribution in [2.75, 3.05) is 26.7 Å². The van der Waals surface area contributed by atoms with Gasteiger partial charge in [-0.15, -0.1) is 0 Å². The molecule has 2 aliphatic heterocycles. The quantitative estimate of drug-likeness (QED) is 0.503. The molecule has 0 radical (unpaired) electrons. The van der Waals surface area contributed by atoms with Crippen LogP contribution in [0.3, 0.4) is 0 Å². The second kappa shape index (κ2) is 4.21. The number of imide groups is 2. The van der Waals surface area contributed by atoms with Gasteiger partial charge in [-0.3, -0.25) is 19.8 Å². The van der Waals surface area contributed by atoms with Crippen LogP contribution in [0.25, 0.3) is 0 Å². The first-order valence-electron chi connectivity index (χ1n) is 5.43. The number of nitrogens with one attached hydrogen (secondary N) is 1. The monoisotopic (exact) mass is 225 g/mol. The highest BCUT2D eigenvalue weighted by molar-refractivity contribution is 6.44. The second-order valence-electron chi connectivity index (χ2n) is 4.42. The van der Waals surface area contributed by atoms with Gasteiger partial charge in [0.05, 0.1) is 0 Å². The van der Waals surface area contributed by atoms with E-state index in [-0.39, 0.29) is 0 Å². The summed E-state index contributed by atoms with van der Waals surface area (Å²) in [6, 6.07) is -0.575. The topological polar surface area (TPSA) is 69.7 Å². The van der Waals surface area contributed by atoms with Crippen molar-refractivity contribution in [2.45, 2.75) is 12.8 Å². The van der Waals surface area contributed by atoms with E-state index in [2.05, 4.69) is 4.90 Å². The first kappa shape index (κ1) is 11.1. The van der Waals surface area contributed by atoms with Crippen molar-refractivity contribution in [2.24, 2.45) is 5.92 Å². The molecule has 16 heavy (non-hydrogen) atoms. The maximum absolute atomic E-state index is 11.3. The number of piperidine rings is 1. The van der Waals surface area contributed by atoms with Gasteiger partial charge in [-0.05, 0) is 38.9 Å². The smallest absolute Gasteiger partial charge is 0.306 e. The van der Waals surface area contributed by atoms with E-state index in [4.69, 9.17) is 0 Å². The number of carbonyl (C=O) groups excluding carboxylic acids is 3. The number of rotatable bonds is 2. The van der Waals surface area contributed by atoms with E-state index in [1.54, 1.807) is 0 Å². The molecule has 0 bridgehead atoms. The van der Waals surface area contributed by atoms with Gasteiger partial charge in [0, 0.05) is 6.54 Å². The van der Waals surface area contributed by atoms with E-state index in [9.17, 15) is 14.4 Å². The van der Waals surface area contributed by atoms with Crippen LogP contribution < -0.4 is 5.32 Å². The highest BCUT2D eigenvalue weighted by Crippen LogP contribution is 2.18. The molecule has 0 aliphatic carbocycles. The Bertz CT molecular complexity index is 334. The fourth-order valence-electron chi connectivity index (χ4n) is 2.10. The molecule has 6 nitrogen and oxygen atoms in total. The third-order valence-electron chi connectivity index (χ3n) is 3.18. The number of nitrogens with zero attached hydrogens (tertiary/aromatic N) is 2. The van der Waals surface area contributed by atoms with E-state index in [0.717, 1.165) is 30.8 Å². The molecule has 1 N–H and O–H groups in total. The van der Waals surface area contributed by atoms with Crippen molar-refractivity contribution in [1.29, 1.82) is 0 Å². The summed E-state index contributed by atoms with van der Waals surface area (Å²) in [6.07, 6.45) is 1.92. The van der Waals surface area contributed by atoms with E-state index >= 15 is 0 Å². The highest BCUT2D eigenvalue weighted by Gasteiger charge is 2.38. The summed E-state index contributed by atoms with van der Waals surface area (Å²) in [5.74, 6) is -1.21. The molecule has 0 atom stereocenters. The fourth-order valence-corrected chi connectivity index (χ4v) is 2.10. The largest absolute Gasteiger partial charge is 0.331 e. The first-order valence-corrected chi connectivity index (χ1v) is 5.43. The minimum absolute atomic E-state index is 0.316. The molecule has 2 rings (SSSR count). The zero-order chi connectivity index (χ0) is 11.7. The molecule has 0 saturated carbocycles. The lowest BCUT2D eigenvalue weighted by Crippen LogP contribution is -2.40. The molecule has 88 valence electrons. The molecule has 0 aromatic carbocycles. The van der Waals surface area contributed by atoms with Gasteiger partial charge in [-0.1, -0.05) is 0 Å². The van der Waals surface area contributed by atoms with E-state index in [0.29, 0.717) is 12.5 Å². The Morgan fingerprint density at radius 1 is 1.25 bits per heavy atom. The third kappa shape index (κ3) is 2.06. The lowest BCUT2D eigenvalue weighted by Gasteiger charge is -2.30. The number of likely N-dealkylation sites (tertiary alicyclic amines) is 1. The number of hydrogen-bond acceptors (Lipinski definition) is 4. The number of amides is 4. The normalized spacial score (nSPS) is 24.1. The molecule has 0 aromatic rings. The average molecular weight is 225 g/mol. The number of urea groups is 1. The summed E-state index contributed by atoms with van der Waals surface area (Å²) in [5, 5.41) is 2.00. The molecule has 0 aromatic heterocycles. The summed E-state index contributed by atoms with van der Waals surface area (Å²) in [6.45, 7) is 2.31. The second-order valence-corrected chi connectivity index (χ2v) is 4.42. The standard InChI is InChI=1S/C10H15N3O3/c1-12-4-2-7(3-5-12)6-13-9(15)8(14)11-10(13)16/h7H,2-6H2,1H3,(H,11,14,16). The average Bonchev–Trinajstić information content (AvgIpc) is 2.48. The molecular formula is C10H15N3O3. The Kier molecular flexibility index (Phi) is 2.91. The minimum Gasteiger partial charge on any atom is -0.306 e. The minimum atomic E-state index is -0.807.